The summed E-state index contributed by atoms with van der Waals surface area (Å²) < 4.78 is 0. The molecule has 2 rings (SSSR count). The Balaban J connectivity index is 1.71. The van der Waals surface area contributed by atoms with Gasteiger partial charge in [-0.2, -0.15) is 11.3 Å². The van der Waals surface area contributed by atoms with Crippen LogP contribution >= 0.6 is 11.3 Å². The first-order chi connectivity index (χ1) is 8.29. The molecule has 1 fully saturated rings. The first-order valence-electron chi connectivity index (χ1n) is 6.98. The van der Waals surface area contributed by atoms with Gasteiger partial charge in [-0.1, -0.05) is 26.2 Å². The van der Waals surface area contributed by atoms with Gasteiger partial charge < -0.3 is 5.11 Å². The van der Waals surface area contributed by atoms with Gasteiger partial charge in [-0.25, -0.2) is 0 Å². The molecule has 1 saturated carbocycles. The van der Waals surface area contributed by atoms with Crippen molar-refractivity contribution >= 4 is 11.3 Å². The van der Waals surface area contributed by atoms with Crippen molar-refractivity contribution in [3.8, 4) is 0 Å². The zero-order chi connectivity index (χ0) is 12.1. The molecular weight excluding hydrogens is 228 g/mol. The highest BCUT2D eigenvalue weighted by Gasteiger charge is 2.25. The summed E-state index contributed by atoms with van der Waals surface area (Å²) in [7, 11) is 0. The van der Waals surface area contributed by atoms with Crippen LogP contribution in [0.1, 0.15) is 51.0 Å². The summed E-state index contributed by atoms with van der Waals surface area (Å²) in [5.74, 6) is 1.49. The maximum Gasteiger partial charge on any atom is 0.0571 e. The summed E-state index contributed by atoms with van der Waals surface area (Å²) in [6.07, 6.45) is 8.36. The van der Waals surface area contributed by atoms with Crippen LogP contribution in [0.2, 0.25) is 0 Å². The quantitative estimate of drug-likeness (QED) is 0.830. The van der Waals surface area contributed by atoms with Crippen LogP contribution in [0, 0.1) is 11.8 Å². The molecule has 1 aromatic heterocycles. The third-order valence-electron chi connectivity index (χ3n) is 4.32. The fraction of sp³-hybridized carbons (Fsp3) is 0.733. The Labute approximate surface area is 109 Å². The highest BCUT2D eigenvalue weighted by Crippen LogP contribution is 2.33. The van der Waals surface area contributed by atoms with Crippen molar-refractivity contribution in [2.75, 3.05) is 0 Å². The van der Waals surface area contributed by atoms with E-state index in [4.69, 9.17) is 0 Å². The standard InChI is InChI=1S/C15H24OS/c1-2-12-3-6-14(7-4-12)15(16)8-5-13-9-10-17-11-13/h9-12,14-16H,2-8H2,1H3. The minimum absolute atomic E-state index is 0.0762. The Morgan fingerprint density at radius 2 is 2.12 bits per heavy atom. The summed E-state index contributed by atoms with van der Waals surface area (Å²) in [6.45, 7) is 2.29. The van der Waals surface area contributed by atoms with Crippen LogP contribution in [-0.4, -0.2) is 11.2 Å². The van der Waals surface area contributed by atoms with Crippen molar-refractivity contribution < 1.29 is 5.11 Å². The van der Waals surface area contributed by atoms with Crippen LogP contribution < -0.4 is 0 Å². The number of thiophene rings is 1. The zero-order valence-corrected chi connectivity index (χ0v) is 11.6. The molecule has 1 N–H and O–H groups in total. The predicted octanol–water partition coefficient (Wildman–Crippen LogP) is 4.26. The SMILES string of the molecule is CCC1CCC(C(O)CCc2ccsc2)CC1. The molecular formula is C15H24OS. The molecule has 17 heavy (non-hydrogen) atoms. The van der Waals surface area contributed by atoms with Gasteiger partial charge in [0.1, 0.15) is 0 Å². The van der Waals surface area contributed by atoms with Crippen LogP contribution in [0.3, 0.4) is 0 Å². The molecule has 0 aromatic carbocycles. The first kappa shape index (κ1) is 13.1. The van der Waals surface area contributed by atoms with Crippen molar-refractivity contribution in [2.24, 2.45) is 11.8 Å². The zero-order valence-electron chi connectivity index (χ0n) is 10.8. The molecule has 96 valence electrons. The van der Waals surface area contributed by atoms with E-state index < -0.39 is 0 Å². The second kappa shape index (κ2) is 6.55. The van der Waals surface area contributed by atoms with Crippen molar-refractivity contribution in [3.63, 3.8) is 0 Å². The minimum Gasteiger partial charge on any atom is -0.393 e. The number of aliphatic hydroxyl groups excluding tert-OH is 1. The largest absolute Gasteiger partial charge is 0.393 e. The lowest BCUT2D eigenvalue weighted by Crippen LogP contribution is -2.26. The van der Waals surface area contributed by atoms with Crippen LogP contribution in [0.4, 0.5) is 0 Å². The molecule has 1 unspecified atom stereocenters. The number of hydrogen-bond acceptors (Lipinski definition) is 2. The molecule has 0 spiro atoms. The van der Waals surface area contributed by atoms with E-state index in [-0.39, 0.29) is 6.10 Å². The minimum atomic E-state index is -0.0762. The highest BCUT2D eigenvalue weighted by molar-refractivity contribution is 7.07. The van der Waals surface area contributed by atoms with Crippen molar-refractivity contribution in [1.29, 1.82) is 0 Å². The fourth-order valence-corrected chi connectivity index (χ4v) is 3.67. The Hall–Kier alpha value is -0.340. The molecule has 0 bridgehead atoms. The smallest absolute Gasteiger partial charge is 0.0571 e. The lowest BCUT2D eigenvalue weighted by atomic mass is 9.77. The second-order valence-corrected chi connectivity index (χ2v) is 6.21. The van der Waals surface area contributed by atoms with E-state index >= 15 is 0 Å². The number of aliphatic hydroxyl groups is 1. The van der Waals surface area contributed by atoms with E-state index in [1.165, 1.54) is 37.7 Å². The molecule has 0 saturated heterocycles. The second-order valence-electron chi connectivity index (χ2n) is 5.43. The Bertz CT molecular complexity index is 299. The van der Waals surface area contributed by atoms with Crippen molar-refractivity contribution in [2.45, 2.75) is 58.0 Å². The molecule has 1 atom stereocenters. The van der Waals surface area contributed by atoms with E-state index in [2.05, 4.69) is 23.8 Å². The summed E-state index contributed by atoms with van der Waals surface area (Å²) in [4.78, 5) is 0. The van der Waals surface area contributed by atoms with E-state index in [9.17, 15) is 5.11 Å². The van der Waals surface area contributed by atoms with Crippen LogP contribution in [0.15, 0.2) is 16.8 Å². The van der Waals surface area contributed by atoms with Gasteiger partial charge in [-0.05, 0) is 59.9 Å². The average Bonchev–Trinajstić information content (AvgIpc) is 2.89. The molecule has 1 aliphatic carbocycles. The maximum atomic E-state index is 10.2. The maximum absolute atomic E-state index is 10.2. The molecule has 1 aromatic rings. The number of rotatable bonds is 5. The highest BCUT2D eigenvalue weighted by atomic mass is 32.1. The average molecular weight is 252 g/mol. The summed E-state index contributed by atoms with van der Waals surface area (Å²) in [6, 6.07) is 2.17. The first-order valence-corrected chi connectivity index (χ1v) is 7.93. The molecule has 0 aliphatic heterocycles. The Morgan fingerprint density at radius 3 is 2.71 bits per heavy atom. The third-order valence-corrected chi connectivity index (χ3v) is 5.05. The third kappa shape index (κ3) is 3.82. The monoisotopic (exact) mass is 252 g/mol. The normalized spacial score (nSPS) is 26.9. The molecule has 1 nitrogen and oxygen atoms in total. The lowest BCUT2D eigenvalue weighted by molar-refractivity contribution is 0.0667. The van der Waals surface area contributed by atoms with Gasteiger partial charge in [-0.3, -0.25) is 0 Å². The molecule has 0 radical (unpaired) electrons. The van der Waals surface area contributed by atoms with Crippen LogP contribution in [0.25, 0.3) is 0 Å². The van der Waals surface area contributed by atoms with Gasteiger partial charge in [0.25, 0.3) is 0 Å². The predicted molar refractivity (Wildman–Crippen MR) is 74.4 cm³/mol. The Morgan fingerprint density at radius 1 is 1.35 bits per heavy atom. The van der Waals surface area contributed by atoms with E-state index in [1.807, 2.05) is 0 Å². The molecule has 2 heteroatoms. The molecule has 1 heterocycles. The Kier molecular flexibility index (Phi) is 5.05. The van der Waals surface area contributed by atoms with Gasteiger partial charge in [0, 0.05) is 0 Å². The summed E-state index contributed by atoms with van der Waals surface area (Å²) in [5.41, 5.74) is 1.39. The van der Waals surface area contributed by atoms with Crippen LogP contribution in [-0.2, 0) is 6.42 Å². The van der Waals surface area contributed by atoms with Crippen molar-refractivity contribution in [3.05, 3.63) is 22.4 Å². The fourth-order valence-electron chi connectivity index (χ4n) is 2.97. The van der Waals surface area contributed by atoms with Gasteiger partial charge in [0.2, 0.25) is 0 Å². The van der Waals surface area contributed by atoms with Gasteiger partial charge in [-0.15, -0.1) is 0 Å². The number of hydrogen-bond donors (Lipinski definition) is 1. The van der Waals surface area contributed by atoms with Gasteiger partial charge >= 0.3 is 0 Å². The van der Waals surface area contributed by atoms with E-state index in [0.29, 0.717) is 5.92 Å². The lowest BCUT2D eigenvalue weighted by Gasteiger charge is -2.31. The van der Waals surface area contributed by atoms with Gasteiger partial charge in [0.05, 0.1) is 6.10 Å². The van der Waals surface area contributed by atoms with Crippen LogP contribution in [0.5, 0.6) is 0 Å². The van der Waals surface area contributed by atoms with E-state index in [1.54, 1.807) is 11.3 Å². The molecule has 0 amide bonds. The molecule has 1 aliphatic rings. The number of aryl methyl sites for hydroxylation is 1. The van der Waals surface area contributed by atoms with E-state index in [0.717, 1.165) is 18.8 Å². The van der Waals surface area contributed by atoms with Crippen molar-refractivity contribution in [1.82, 2.24) is 0 Å². The van der Waals surface area contributed by atoms with Gasteiger partial charge in [0.15, 0.2) is 0 Å². The summed E-state index contributed by atoms with van der Waals surface area (Å²) >= 11 is 1.75. The topological polar surface area (TPSA) is 20.2 Å². The summed E-state index contributed by atoms with van der Waals surface area (Å²) in [5, 5.41) is 14.5.